The van der Waals surface area contributed by atoms with Crippen molar-refractivity contribution in [2.75, 3.05) is 27.9 Å². The third-order valence-electron chi connectivity index (χ3n) is 8.50. The molecule has 0 aromatic carbocycles. The van der Waals surface area contributed by atoms with Crippen molar-refractivity contribution in [1.29, 1.82) is 0 Å². The molecule has 2 rings (SSSR count). The zero-order valence-corrected chi connectivity index (χ0v) is 28.5. The van der Waals surface area contributed by atoms with E-state index in [2.05, 4.69) is 51.1 Å². The van der Waals surface area contributed by atoms with Crippen LogP contribution < -0.4 is 0 Å². The van der Waals surface area contributed by atoms with Gasteiger partial charge in [0.25, 0.3) is 0 Å². The van der Waals surface area contributed by atoms with Crippen LogP contribution in [0.1, 0.15) is 66.5 Å². The van der Waals surface area contributed by atoms with E-state index < -0.39 is 44.5 Å². The molecular formula is C30H53N3O8Si. The molecule has 0 spiro atoms. The fourth-order valence-corrected chi connectivity index (χ4v) is 5.71. The third kappa shape index (κ3) is 10.3. The van der Waals surface area contributed by atoms with Gasteiger partial charge in [-0.15, -0.1) is 5.10 Å². The Morgan fingerprint density at radius 2 is 1.74 bits per heavy atom. The van der Waals surface area contributed by atoms with Gasteiger partial charge in [0, 0.05) is 33.4 Å². The second-order valence-corrected chi connectivity index (χ2v) is 17.7. The van der Waals surface area contributed by atoms with Crippen LogP contribution >= 0.6 is 0 Å². The molecule has 0 saturated heterocycles. The Bertz CT molecular complexity index is 1040. The van der Waals surface area contributed by atoms with Crippen molar-refractivity contribution in [2.45, 2.75) is 117 Å². The smallest absolute Gasteiger partial charge is 0.333 e. The minimum Gasteiger partial charge on any atom is -0.457 e. The number of carbonyl (C=O) groups is 2. The lowest BCUT2D eigenvalue weighted by Crippen LogP contribution is -2.47. The highest BCUT2D eigenvalue weighted by atomic mass is 28.4. The Hall–Kier alpha value is -2.12. The number of nitrogens with zero attached hydrogens (tertiary/aromatic N) is 3. The lowest BCUT2D eigenvalue weighted by molar-refractivity contribution is -0.173. The molecule has 0 radical (unpaired) electrons. The van der Waals surface area contributed by atoms with Crippen molar-refractivity contribution in [2.24, 2.45) is 11.8 Å². The van der Waals surface area contributed by atoms with Crippen molar-refractivity contribution < 1.29 is 37.7 Å². The fraction of sp³-hybridized carbons (Fsp3) is 0.800. The third-order valence-corrected chi connectivity index (χ3v) is 13.0. The van der Waals surface area contributed by atoms with Gasteiger partial charge in [0.2, 0.25) is 0 Å². The van der Waals surface area contributed by atoms with Crippen molar-refractivity contribution in [3.63, 3.8) is 0 Å². The Kier molecular flexibility index (Phi) is 13.8. The summed E-state index contributed by atoms with van der Waals surface area (Å²) in [7, 11) is 2.65. The van der Waals surface area contributed by atoms with E-state index >= 15 is 0 Å². The fourth-order valence-electron chi connectivity index (χ4n) is 4.70. The molecular weight excluding hydrogens is 558 g/mol. The zero-order valence-electron chi connectivity index (χ0n) is 27.5. The molecule has 2 heterocycles. The van der Waals surface area contributed by atoms with Crippen LogP contribution in [0, 0.1) is 11.8 Å². The summed E-state index contributed by atoms with van der Waals surface area (Å²) in [6.45, 7) is 17.2. The maximum absolute atomic E-state index is 13.6. The summed E-state index contributed by atoms with van der Waals surface area (Å²) in [6, 6.07) is 0. The molecule has 240 valence electrons. The number of hydrogen-bond acceptors (Lipinski definition) is 10. The minimum atomic E-state index is -2.15. The van der Waals surface area contributed by atoms with Crippen LogP contribution in [-0.2, 0) is 50.9 Å². The van der Waals surface area contributed by atoms with E-state index in [-0.39, 0.29) is 30.3 Å². The van der Waals surface area contributed by atoms with Gasteiger partial charge < -0.3 is 28.1 Å². The van der Waals surface area contributed by atoms with Crippen molar-refractivity contribution >= 4 is 20.3 Å². The number of rotatable bonds is 6. The number of cyclic esters (lactones) is 2. The van der Waals surface area contributed by atoms with Gasteiger partial charge in [0.05, 0.1) is 37.0 Å². The number of methoxy groups -OCH3 is 3. The van der Waals surface area contributed by atoms with Gasteiger partial charge in [-0.1, -0.05) is 39.0 Å². The summed E-state index contributed by atoms with van der Waals surface area (Å²) in [5.41, 5.74) is 1.05. The quantitative estimate of drug-likeness (QED) is 0.331. The zero-order chi connectivity index (χ0) is 31.7. The number of aromatic nitrogens is 3. The summed E-state index contributed by atoms with van der Waals surface area (Å²) in [5, 5.41) is 8.30. The molecule has 11 nitrogen and oxygen atoms in total. The Labute approximate surface area is 252 Å². The summed E-state index contributed by atoms with van der Waals surface area (Å²) < 4.78 is 37.3. The number of esters is 2. The lowest BCUT2D eigenvalue weighted by Gasteiger charge is -2.38. The van der Waals surface area contributed by atoms with Crippen LogP contribution in [0.3, 0.4) is 0 Å². The molecule has 1 aromatic rings. The highest BCUT2D eigenvalue weighted by Gasteiger charge is 2.40. The predicted molar refractivity (Wildman–Crippen MR) is 161 cm³/mol. The van der Waals surface area contributed by atoms with Crippen LogP contribution in [0.15, 0.2) is 17.8 Å². The summed E-state index contributed by atoms with van der Waals surface area (Å²) in [4.78, 5) is 26.2. The Balaban J connectivity index is 2.39. The van der Waals surface area contributed by atoms with Crippen molar-refractivity contribution in [1.82, 2.24) is 15.0 Å². The first-order chi connectivity index (χ1) is 19.6. The SMILES string of the molecule is CO[C@H]1[C@@H](OC)C[C@H](C)Cn2cc(nn2)COC(=O)/C(C)=C/CC[C@H](OC)[C@H](CO[Si](C)(C)C(C)(C)C)OC(=O)[C@@H]1C. The van der Waals surface area contributed by atoms with E-state index in [0.29, 0.717) is 37.1 Å². The molecule has 2 bridgehead atoms. The molecule has 42 heavy (non-hydrogen) atoms. The second-order valence-electron chi connectivity index (χ2n) is 12.9. The van der Waals surface area contributed by atoms with E-state index in [1.165, 1.54) is 0 Å². The number of fused-ring (bicyclic) bond motifs is 2. The minimum absolute atomic E-state index is 0.0175. The summed E-state index contributed by atoms with van der Waals surface area (Å²) in [5.74, 6) is -1.33. The average Bonchev–Trinajstić information content (AvgIpc) is 3.37. The van der Waals surface area contributed by atoms with Gasteiger partial charge in [0.15, 0.2) is 8.32 Å². The Morgan fingerprint density at radius 3 is 2.33 bits per heavy atom. The van der Waals surface area contributed by atoms with E-state index in [0.717, 1.165) is 0 Å². The molecule has 1 aliphatic heterocycles. The largest absolute Gasteiger partial charge is 0.457 e. The number of ether oxygens (including phenoxy) is 5. The van der Waals surface area contributed by atoms with Crippen LogP contribution in [0.4, 0.5) is 0 Å². The topological polar surface area (TPSA) is 120 Å². The first kappa shape index (κ1) is 36.1. The first-order valence-electron chi connectivity index (χ1n) is 14.8. The highest BCUT2D eigenvalue weighted by molar-refractivity contribution is 6.74. The van der Waals surface area contributed by atoms with E-state index in [9.17, 15) is 9.59 Å². The Morgan fingerprint density at radius 1 is 1.07 bits per heavy atom. The lowest BCUT2D eigenvalue weighted by atomic mass is 9.92. The van der Waals surface area contributed by atoms with Gasteiger partial charge in [-0.2, -0.15) is 0 Å². The normalized spacial score (nSPS) is 29.3. The van der Waals surface area contributed by atoms with Gasteiger partial charge in [-0.25, -0.2) is 4.79 Å². The van der Waals surface area contributed by atoms with Crippen LogP contribution in [-0.4, -0.2) is 87.6 Å². The van der Waals surface area contributed by atoms with Gasteiger partial charge in [0.1, 0.15) is 18.4 Å². The maximum Gasteiger partial charge on any atom is 0.333 e. The van der Waals surface area contributed by atoms with Gasteiger partial charge in [-0.3, -0.25) is 9.48 Å². The molecule has 0 fully saturated rings. The first-order valence-corrected chi connectivity index (χ1v) is 17.7. The van der Waals surface area contributed by atoms with E-state index in [1.54, 1.807) is 46.1 Å². The monoisotopic (exact) mass is 611 g/mol. The van der Waals surface area contributed by atoms with Crippen molar-refractivity contribution in [3.05, 3.63) is 23.5 Å². The number of allylic oxidation sites excluding steroid dienone is 1. The number of carbonyl (C=O) groups excluding carboxylic acids is 2. The van der Waals surface area contributed by atoms with Crippen LogP contribution in [0.25, 0.3) is 0 Å². The summed E-state index contributed by atoms with van der Waals surface area (Å²) >= 11 is 0. The predicted octanol–water partition coefficient (Wildman–Crippen LogP) is 4.70. The standard InChI is InChI=1S/C30H53N3O8Si/c1-20-15-25(37-8)27(38-9)22(3)29(35)41-26(19-40-42(10,11)30(4,5)6)24(36-7)14-12-13-21(2)28(34)39-18-23-17-33(16-20)32-31-23/h13,17,20,22,24-27H,12,14-16,18-19H2,1-11H3/b21-13+/t20-,22+,24-,25-,26-,27+/m0/s1. The maximum atomic E-state index is 13.6. The molecule has 1 aliphatic rings. The average molecular weight is 612 g/mol. The molecule has 0 N–H and O–H groups in total. The molecule has 0 saturated carbocycles. The molecule has 0 aliphatic carbocycles. The summed E-state index contributed by atoms with van der Waals surface area (Å²) in [6.07, 6.45) is 3.21. The van der Waals surface area contributed by atoms with Crippen LogP contribution in [0.2, 0.25) is 18.1 Å². The molecule has 0 unspecified atom stereocenters. The number of hydrogen-bond donors (Lipinski definition) is 0. The second kappa shape index (κ2) is 16.1. The van der Waals surface area contributed by atoms with E-state index in [4.69, 9.17) is 28.1 Å². The van der Waals surface area contributed by atoms with Gasteiger partial charge in [-0.05, 0) is 57.2 Å². The highest BCUT2D eigenvalue weighted by Crippen LogP contribution is 2.37. The molecule has 12 heteroatoms. The van der Waals surface area contributed by atoms with Gasteiger partial charge >= 0.3 is 11.9 Å². The molecule has 0 amide bonds. The van der Waals surface area contributed by atoms with E-state index in [1.807, 2.05) is 6.08 Å². The molecule has 1 aromatic heterocycles. The van der Waals surface area contributed by atoms with Crippen molar-refractivity contribution in [3.8, 4) is 0 Å². The molecule has 6 atom stereocenters. The van der Waals surface area contributed by atoms with Crippen LogP contribution in [0.5, 0.6) is 0 Å².